The third-order valence-corrected chi connectivity index (χ3v) is 5.13. The van der Waals surface area contributed by atoms with E-state index in [4.69, 9.17) is 0 Å². The first-order valence-corrected chi connectivity index (χ1v) is 8.70. The van der Waals surface area contributed by atoms with E-state index in [2.05, 4.69) is 0 Å². The zero-order valence-electron chi connectivity index (χ0n) is 15.0. The molecule has 0 heterocycles. The number of fused-ring (bicyclic) bond motifs is 2. The molecule has 0 saturated heterocycles. The van der Waals surface area contributed by atoms with Crippen LogP contribution in [0, 0.1) is 6.92 Å². The Morgan fingerprint density at radius 1 is 0.889 bits per heavy atom. The maximum absolute atomic E-state index is 13.1. The van der Waals surface area contributed by atoms with Crippen LogP contribution in [0.15, 0.2) is 54.6 Å². The Labute approximate surface area is 156 Å². The molecule has 3 aromatic carbocycles. The summed E-state index contributed by atoms with van der Waals surface area (Å²) in [5, 5.41) is 21.2. The Bertz CT molecular complexity index is 1090. The molecule has 1 aliphatic rings. The van der Waals surface area contributed by atoms with Crippen LogP contribution in [0.1, 0.15) is 45.5 Å². The van der Waals surface area contributed by atoms with E-state index in [1.54, 1.807) is 24.3 Å². The highest BCUT2D eigenvalue weighted by atomic mass is 16.3. The maximum atomic E-state index is 13.1. The van der Waals surface area contributed by atoms with Crippen LogP contribution in [-0.4, -0.2) is 21.8 Å². The first-order chi connectivity index (χ1) is 12.9. The fourth-order valence-electron chi connectivity index (χ4n) is 3.83. The minimum absolute atomic E-state index is 0.0848. The van der Waals surface area contributed by atoms with Crippen LogP contribution < -0.4 is 0 Å². The van der Waals surface area contributed by atoms with E-state index in [1.165, 1.54) is 13.0 Å². The van der Waals surface area contributed by atoms with Gasteiger partial charge in [-0.2, -0.15) is 0 Å². The number of rotatable bonds is 2. The lowest BCUT2D eigenvalue weighted by Crippen LogP contribution is -2.24. The van der Waals surface area contributed by atoms with Crippen LogP contribution in [0.25, 0.3) is 11.1 Å². The van der Waals surface area contributed by atoms with Gasteiger partial charge in [0.15, 0.2) is 0 Å². The Hall–Kier alpha value is -3.40. The average molecular weight is 358 g/mol. The van der Waals surface area contributed by atoms with Gasteiger partial charge in [-0.1, -0.05) is 54.1 Å². The quantitative estimate of drug-likeness (QED) is 0.715. The second-order valence-electron chi connectivity index (χ2n) is 6.91. The van der Waals surface area contributed by atoms with E-state index in [9.17, 15) is 19.8 Å². The standard InChI is InChI=1S/C23H18O4/c1-12-6-8-14(9-7-12)15-10-11-17-19(13(2)24)16-4-3-5-18(25)20(16)23(27)21(17)22(15)26/h3-11,19,25-26H,1-2H3. The monoisotopic (exact) mass is 358 g/mol. The Morgan fingerprint density at radius 3 is 2.22 bits per heavy atom. The van der Waals surface area contributed by atoms with E-state index in [-0.39, 0.29) is 28.4 Å². The normalized spacial score (nSPS) is 15.2. The molecule has 0 spiro atoms. The van der Waals surface area contributed by atoms with Gasteiger partial charge in [-0.15, -0.1) is 0 Å². The van der Waals surface area contributed by atoms with Gasteiger partial charge in [-0.3, -0.25) is 9.59 Å². The molecule has 4 nitrogen and oxygen atoms in total. The minimum atomic E-state index is -0.697. The summed E-state index contributed by atoms with van der Waals surface area (Å²) in [6.45, 7) is 3.42. The van der Waals surface area contributed by atoms with Crippen molar-refractivity contribution in [1.82, 2.24) is 0 Å². The number of phenolic OH excluding ortho intramolecular Hbond substituents is 2. The van der Waals surface area contributed by atoms with Gasteiger partial charge in [0.1, 0.15) is 17.3 Å². The van der Waals surface area contributed by atoms with E-state index < -0.39 is 11.7 Å². The second-order valence-corrected chi connectivity index (χ2v) is 6.91. The molecule has 0 aliphatic heterocycles. The molecule has 0 amide bonds. The van der Waals surface area contributed by atoms with Crippen molar-refractivity contribution >= 4 is 11.6 Å². The summed E-state index contributed by atoms with van der Waals surface area (Å²) in [6, 6.07) is 15.8. The summed E-state index contributed by atoms with van der Waals surface area (Å²) >= 11 is 0. The second kappa shape index (κ2) is 6.09. The fourth-order valence-corrected chi connectivity index (χ4v) is 3.83. The highest BCUT2D eigenvalue weighted by Crippen LogP contribution is 2.46. The summed E-state index contributed by atoms with van der Waals surface area (Å²) in [7, 11) is 0. The van der Waals surface area contributed by atoms with E-state index >= 15 is 0 Å². The van der Waals surface area contributed by atoms with Crippen molar-refractivity contribution in [2.24, 2.45) is 0 Å². The number of benzene rings is 3. The van der Waals surface area contributed by atoms with Crippen LogP contribution in [0.5, 0.6) is 11.5 Å². The molecule has 0 saturated carbocycles. The number of aromatic hydroxyl groups is 2. The predicted octanol–water partition coefficient (Wildman–Crippen LogP) is 4.34. The van der Waals surface area contributed by atoms with Crippen molar-refractivity contribution in [3.63, 3.8) is 0 Å². The number of aryl methyl sites for hydroxylation is 1. The molecule has 0 aromatic heterocycles. The number of phenols is 2. The van der Waals surface area contributed by atoms with Gasteiger partial charge in [0.05, 0.1) is 17.0 Å². The van der Waals surface area contributed by atoms with E-state index in [0.29, 0.717) is 16.7 Å². The predicted molar refractivity (Wildman–Crippen MR) is 102 cm³/mol. The Morgan fingerprint density at radius 2 is 1.56 bits per heavy atom. The van der Waals surface area contributed by atoms with Gasteiger partial charge >= 0.3 is 0 Å². The van der Waals surface area contributed by atoms with Crippen LogP contribution in [-0.2, 0) is 4.79 Å². The minimum Gasteiger partial charge on any atom is -0.507 e. The highest BCUT2D eigenvalue weighted by molar-refractivity contribution is 6.18. The summed E-state index contributed by atoms with van der Waals surface area (Å²) in [4.78, 5) is 25.5. The van der Waals surface area contributed by atoms with E-state index in [1.807, 2.05) is 31.2 Å². The molecule has 134 valence electrons. The summed E-state index contributed by atoms with van der Waals surface area (Å²) < 4.78 is 0. The number of carbonyl (C=O) groups excluding carboxylic acids is 2. The topological polar surface area (TPSA) is 74.6 Å². The molecule has 1 unspecified atom stereocenters. The Balaban J connectivity index is 2.00. The van der Waals surface area contributed by atoms with Crippen LogP contribution in [0.4, 0.5) is 0 Å². The van der Waals surface area contributed by atoms with Crippen molar-refractivity contribution in [2.45, 2.75) is 19.8 Å². The van der Waals surface area contributed by atoms with Gasteiger partial charge in [-0.05, 0) is 36.6 Å². The Kier molecular flexibility index (Phi) is 3.84. The number of carbonyl (C=O) groups is 2. The molecule has 3 aromatic rings. The summed E-state index contributed by atoms with van der Waals surface area (Å²) in [6.07, 6.45) is 0. The first kappa shape index (κ1) is 17.0. The van der Waals surface area contributed by atoms with E-state index in [0.717, 1.165) is 11.1 Å². The fraction of sp³-hybridized carbons (Fsp3) is 0.130. The highest BCUT2D eigenvalue weighted by Gasteiger charge is 2.37. The smallest absolute Gasteiger partial charge is 0.201 e. The molecule has 0 fully saturated rings. The van der Waals surface area contributed by atoms with Crippen molar-refractivity contribution in [2.75, 3.05) is 0 Å². The van der Waals surface area contributed by atoms with Crippen molar-refractivity contribution in [3.05, 3.63) is 82.4 Å². The first-order valence-electron chi connectivity index (χ1n) is 8.70. The summed E-state index contributed by atoms with van der Waals surface area (Å²) in [5.41, 5.74) is 3.49. The molecule has 4 rings (SSSR count). The molecular formula is C23H18O4. The lowest BCUT2D eigenvalue weighted by atomic mass is 9.74. The van der Waals surface area contributed by atoms with Gasteiger partial charge in [0.25, 0.3) is 0 Å². The molecule has 4 heteroatoms. The lowest BCUT2D eigenvalue weighted by molar-refractivity contribution is -0.117. The zero-order chi connectivity index (χ0) is 19.3. The third kappa shape index (κ3) is 2.53. The van der Waals surface area contributed by atoms with Gasteiger partial charge in [0, 0.05) is 5.56 Å². The van der Waals surface area contributed by atoms with Gasteiger partial charge < -0.3 is 10.2 Å². The lowest BCUT2D eigenvalue weighted by Gasteiger charge is -2.27. The van der Waals surface area contributed by atoms with Gasteiger partial charge in [0.2, 0.25) is 5.78 Å². The van der Waals surface area contributed by atoms with Crippen molar-refractivity contribution < 1.29 is 19.8 Å². The van der Waals surface area contributed by atoms with Crippen LogP contribution in [0.3, 0.4) is 0 Å². The molecule has 27 heavy (non-hydrogen) atoms. The SMILES string of the molecule is CC(=O)C1c2cccc(O)c2C(=O)c2c1ccc(-c1ccc(C)cc1)c2O. The number of hydrogen-bond acceptors (Lipinski definition) is 4. The zero-order valence-corrected chi connectivity index (χ0v) is 15.0. The molecule has 1 aliphatic carbocycles. The third-order valence-electron chi connectivity index (χ3n) is 5.13. The molecule has 1 atom stereocenters. The maximum Gasteiger partial charge on any atom is 0.201 e. The van der Waals surface area contributed by atoms with Gasteiger partial charge in [-0.25, -0.2) is 0 Å². The molecule has 0 radical (unpaired) electrons. The van der Waals surface area contributed by atoms with Crippen molar-refractivity contribution in [1.29, 1.82) is 0 Å². The van der Waals surface area contributed by atoms with Crippen LogP contribution >= 0.6 is 0 Å². The number of ketones is 2. The molecule has 0 bridgehead atoms. The summed E-state index contributed by atoms with van der Waals surface area (Å²) in [5.74, 6) is -1.67. The molecular weight excluding hydrogens is 340 g/mol. The van der Waals surface area contributed by atoms with Crippen molar-refractivity contribution in [3.8, 4) is 22.6 Å². The van der Waals surface area contributed by atoms with Crippen LogP contribution in [0.2, 0.25) is 0 Å². The number of hydrogen-bond donors (Lipinski definition) is 2. The number of Topliss-reactive ketones (excluding diaryl/α,β-unsaturated/α-hetero) is 1. The average Bonchev–Trinajstić information content (AvgIpc) is 2.62. The molecule has 2 N–H and O–H groups in total. The largest absolute Gasteiger partial charge is 0.507 e.